The molecule has 1 aliphatic rings. The number of nitrogens with zero attached hydrogens (tertiary/aromatic N) is 4. The number of aromatic nitrogens is 4. The predicted octanol–water partition coefficient (Wildman–Crippen LogP) is 4.35. The molecule has 0 saturated carbocycles. The summed E-state index contributed by atoms with van der Waals surface area (Å²) < 4.78 is 20.9. The Labute approximate surface area is 195 Å². The lowest BCUT2D eigenvalue weighted by Crippen LogP contribution is -2.31. The van der Waals surface area contributed by atoms with Crippen molar-refractivity contribution in [1.82, 2.24) is 19.5 Å². The van der Waals surface area contributed by atoms with Crippen LogP contribution < -0.4 is 0 Å². The molecule has 0 amide bonds. The van der Waals surface area contributed by atoms with E-state index in [1.807, 2.05) is 34.9 Å². The second kappa shape index (κ2) is 9.36. The molecule has 170 valence electrons. The molecule has 34 heavy (non-hydrogen) atoms. The highest BCUT2D eigenvalue weighted by Gasteiger charge is 2.26. The van der Waals surface area contributed by atoms with Crippen LogP contribution in [0, 0.1) is 5.82 Å². The summed E-state index contributed by atoms with van der Waals surface area (Å²) in [5.74, 6) is -0.148. The molecule has 1 saturated heterocycles. The average Bonchev–Trinajstić information content (AvgIpc) is 3.23. The normalized spacial score (nSPS) is 18.2. The summed E-state index contributed by atoms with van der Waals surface area (Å²) in [5, 5.41) is 9.99. The Balaban J connectivity index is 1.71. The lowest BCUT2D eigenvalue weighted by atomic mass is 10.1. The smallest absolute Gasteiger partial charge is 0.309 e. The SMILES string of the molecule is O=C1C[C@H](O)C[C@@H](/C=C/n2c(-c3ccccc3)nc(-c3ccc(F)cc3)c2-c2ccncn2)O1. The molecule has 2 aromatic heterocycles. The summed E-state index contributed by atoms with van der Waals surface area (Å²) in [5.41, 5.74) is 3.49. The zero-order valence-electron chi connectivity index (χ0n) is 18.1. The molecule has 0 bridgehead atoms. The Morgan fingerprint density at radius 1 is 1.06 bits per heavy atom. The van der Waals surface area contributed by atoms with E-state index in [-0.39, 0.29) is 12.2 Å². The number of hydrogen-bond donors (Lipinski definition) is 1. The number of rotatable bonds is 5. The Morgan fingerprint density at radius 2 is 1.85 bits per heavy atom. The van der Waals surface area contributed by atoms with E-state index >= 15 is 0 Å². The average molecular weight is 456 g/mol. The summed E-state index contributed by atoms with van der Waals surface area (Å²) in [4.78, 5) is 25.2. The van der Waals surface area contributed by atoms with Gasteiger partial charge in [0.2, 0.25) is 0 Å². The number of halogens is 1. The number of cyclic esters (lactones) is 1. The molecule has 1 aliphatic heterocycles. The van der Waals surface area contributed by atoms with Crippen LogP contribution >= 0.6 is 0 Å². The molecule has 1 N–H and O–H groups in total. The lowest BCUT2D eigenvalue weighted by molar-refractivity contribution is -0.156. The summed E-state index contributed by atoms with van der Waals surface area (Å²) >= 11 is 0. The second-order valence-electron chi connectivity index (χ2n) is 7.93. The number of imidazole rings is 1. The highest BCUT2D eigenvalue weighted by Crippen LogP contribution is 2.36. The van der Waals surface area contributed by atoms with Crippen LogP contribution in [0.25, 0.3) is 40.2 Å². The van der Waals surface area contributed by atoms with Gasteiger partial charge < -0.3 is 9.84 Å². The first-order valence-electron chi connectivity index (χ1n) is 10.8. The summed E-state index contributed by atoms with van der Waals surface area (Å²) in [6, 6.07) is 17.5. The van der Waals surface area contributed by atoms with Gasteiger partial charge in [-0.2, -0.15) is 0 Å². The van der Waals surface area contributed by atoms with Crippen LogP contribution in [0.1, 0.15) is 12.8 Å². The van der Waals surface area contributed by atoms with Gasteiger partial charge in [-0.25, -0.2) is 19.3 Å². The third-order valence-corrected chi connectivity index (χ3v) is 5.52. The fourth-order valence-electron chi connectivity index (χ4n) is 3.96. The van der Waals surface area contributed by atoms with E-state index in [1.54, 1.807) is 36.7 Å². The van der Waals surface area contributed by atoms with Crippen LogP contribution in [0.5, 0.6) is 0 Å². The highest BCUT2D eigenvalue weighted by molar-refractivity contribution is 5.82. The summed E-state index contributed by atoms with van der Waals surface area (Å²) in [6.45, 7) is 0. The van der Waals surface area contributed by atoms with Crippen LogP contribution in [0.15, 0.2) is 79.3 Å². The zero-order chi connectivity index (χ0) is 23.5. The molecule has 3 heterocycles. The van der Waals surface area contributed by atoms with E-state index in [1.165, 1.54) is 18.5 Å². The molecule has 7 nitrogen and oxygen atoms in total. The Kier molecular flexibility index (Phi) is 5.97. The van der Waals surface area contributed by atoms with Crippen molar-refractivity contribution in [3.63, 3.8) is 0 Å². The molecule has 5 rings (SSSR count). The molecule has 0 radical (unpaired) electrons. The molecule has 0 spiro atoms. The monoisotopic (exact) mass is 456 g/mol. The van der Waals surface area contributed by atoms with E-state index in [9.17, 15) is 14.3 Å². The van der Waals surface area contributed by atoms with Gasteiger partial charge in [-0.1, -0.05) is 30.3 Å². The van der Waals surface area contributed by atoms with Crippen LogP contribution in [-0.2, 0) is 9.53 Å². The van der Waals surface area contributed by atoms with Crippen molar-refractivity contribution in [1.29, 1.82) is 0 Å². The van der Waals surface area contributed by atoms with Gasteiger partial charge >= 0.3 is 5.97 Å². The third kappa shape index (κ3) is 4.49. The molecule has 0 unspecified atom stereocenters. The molecule has 2 aromatic carbocycles. The van der Waals surface area contributed by atoms with E-state index in [0.717, 1.165) is 11.1 Å². The minimum atomic E-state index is -0.747. The van der Waals surface area contributed by atoms with Crippen molar-refractivity contribution in [2.45, 2.75) is 25.0 Å². The van der Waals surface area contributed by atoms with Crippen LogP contribution in [0.3, 0.4) is 0 Å². The molecule has 4 aromatic rings. The maximum absolute atomic E-state index is 13.6. The maximum Gasteiger partial charge on any atom is 0.309 e. The van der Waals surface area contributed by atoms with Crippen molar-refractivity contribution < 1.29 is 19.0 Å². The van der Waals surface area contributed by atoms with Gasteiger partial charge in [0.15, 0.2) is 0 Å². The molecule has 0 aliphatic carbocycles. The highest BCUT2D eigenvalue weighted by atomic mass is 19.1. The van der Waals surface area contributed by atoms with Crippen molar-refractivity contribution in [2.75, 3.05) is 0 Å². The number of aliphatic hydroxyl groups is 1. The van der Waals surface area contributed by atoms with Crippen molar-refractivity contribution in [3.8, 4) is 34.0 Å². The van der Waals surface area contributed by atoms with Crippen molar-refractivity contribution in [2.24, 2.45) is 0 Å². The maximum atomic E-state index is 13.6. The first kappa shape index (κ1) is 21.7. The van der Waals surface area contributed by atoms with Crippen LogP contribution in [-0.4, -0.2) is 42.8 Å². The summed E-state index contributed by atoms with van der Waals surface area (Å²) in [7, 11) is 0. The lowest BCUT2D eigenvalue weighted by Gasteiger charge is -2.23. The fourth-order valence-corrected chi connectivity index (χ4v) is 3.96. The van der Waals surface area contributed by atoms with Gasteiger partial charge in [0.25, 0.3) is 0 Å². The Morgan fingerprint density at radius 3 is 2.56 bits per heavy atom. The molecular formula is C26H21FN4O3. The number of carbonyl (C=O) groups excluding carboxylic acids is 1. The molecular weight excluding hydrogens is 435 g/mol. The molecule has 8 heteroatoms. The second-order valence-corrected chi connectivity index (χ2v) is 7.93. The Bertz CT molecular complexity index is 1320. The summed E-state index contributed by atoms with van der Waals surface area (Å²) in [6.07, 6.45) is 5.57. The number of esters is 1. The first-order chi connectivity index (χ1) is 16.6. The van der Waals surface area contributed by atoms with Crippen LogP contribution in [0.2, 0.25) is 0 Å². The molecule has 1 fully saturated rings. The molecule has 2 atom stereocenters. The van der Waals surface area contributed by atoms with Crippen molar-refractivity contribution >= 4 is 12.2 Å². The number of aliphatic hydroxyl groups excluding tert-OH is 1. The number of ether oxygens (including phenoxy) is 1. The van der Waals surface area contributed by atoms with Gasteiger partial charge in [-0.05, 0) is 36.4 Å². The topological polar surface area (TPSA) is 90.1 Å². The minimum absolute atomic E-state index is 0.00835. The van der Waals surface area contributed by atoms with E-state index in [4.69, 9.17) is 9.72 Å². The first-order valence-corrected chi connectivity index (χ1v) is 10.8. The third-order valence-electron chi connectivity index (χ3n) is 5.52. The fraction of sp³-hybridized carbons (Fsp3) is 0.154. The van der Waals surface area contributed by atoms with Gasteiger partial charge in [-0.15, -0.1) is 0 Å². The number of carbonyl (C=O) groups is 1. The van der Waals surface area contributed by atoms with E-state index in [2.05, 4.69) is 9.97 Å². The van der Waals surface area contributed by atoms with Crippen molar-refractivity contribution in [3.05, 3.63) is 85.1 Å². The predicted molar refractivity (Wildman–Crippen MR) is 125 cm³/mol. The van der Waals surface area contributed by atoms with Gasteiger partial charge in [0, 0.05) is 29.9 Å². The largest absolute Gasteiger partial charge is 0.458 e. The van der Waals surface area contributed by atoms with E-state index in [0.29, 0.717) is 29.3 Å². The zero-order valence-corrected chi connectivity index (χ0v) is 18.1. The van der Waals surface area contributed by atoms with Crippen LogP contribution in [0.4, 0.5) is 4.39 Å². The quantitative estimate of drug-likeness (QED) is 0.449. The van der Waals surface area contributed by atoms with E-state index < -0.39 is 18.2 Å². The van der Waals surface area contributed by atoms with Gasteiger partial charge in [0.05, 0.1) is 29.6 Å². The number of benzene rings is 2. The Hall–Kier alpha value is -4.17. The van der Waals surface area contributed by atoms with Gasteiger partial charge in [-0.3, -0.25) is 9.36 Å². The minimum Gasteiger partial charge on any atom is -0.458 e. The number of hydrogen-bond acceptors (Lipinski definition) is 6. The standard InChI is InChI=1S/C26H21FN4O3/c27-19-8-6-17(7-9-19)24-25(22-10-12-28-16-29-22)31(26(30-24)18-4-2-1-3-5-18)13-11-21-14-20(32)15-23(33)34-21/h1-13,16,20-21,32H,14-15H2/b13-11+/t20-,21-/m1/s1. The van der Waals surface area contributed by atoms with Gasteiger partial charge in [0.1, 0.15) is 24.1 Å².